The van der Waals surface area contributed by atoms with Gasteiger partial charge in [-0.05, 0) is 19.1 Å². The SMILES string of the molecule is COc1cc(C)nc(NC(=O)NS(=O)(=O)c2ccccc2S(C)=O)n1. The number of anilines is 1. The summed E-state index contributed by atoms with van der Waals surface area (Å²) in [6.07, 6.45) is 1.35. The molecule has 0 bridgehead atoms. The number of hydrogen-bond acceptors (Lipinski definition) is 7. The Labute approximate surface area is 147 Å². The van der Waals surface area contributed by atoms with Gasteiger partial charge in [-0.25, -0.2) is 22.9 Å². The van der Waals surface area contributed by atoms with Crippen LogP contribution in [0.4, 0.5) is 10.7 Å². The molecule has 2 amide bonds. The Kier molecular flexibility index (Phi) is 5.69. The van der Waals surface area contributed by atoms with Crippen LogP contribution in [0.3, 0.4) is 0 Å². The maximum atomic E-state index is 12.4. The van der Waals surface area contributed by atoms with Crippen LogP contribution in [0.2, 0.25) is 0 Å². The number of ether oxygens (including phenoxy) is 1. The van der Waals surface area contributed by atoms with Crippen molar-refractivity contribution in [1.29, 1.82) is 0 Å². The van der Waals surface area contributed by atoms with Crippen LogP contribution in [0, 0.1) is 6.92 Å². The molecule has 1 atom stereocenters. The van der Waals surface area contributed by atoms with Crippen LogP contribution in [0.25, 0.3) is 0 Å². The van der Waals surface area contributed by atoms with E-state index >= 15 is 0 Å². The number of hydrogen-bond donors (Lipinski definition) is 2. The molecular formula is C14H16N4O5S2. The molecule has 25 heavy (non-hydrogen) atoms. The van der Waals surface area contributed by atoms with Gasteiger partial charge >= 0.3 is 6.03 Å². The van der Waals surface area contributed by atoms with Gasteiger partial charge in [0.2, 0.25) is 11.8 Å². The first-order valence-electron chi connectivity index (χ1n) is 6.89. The number of urea groups is 1. The highest BCUT2D eigenvalue weighted by Gasteiger charge is 2.23. The molecule has 0 saturated heterocycles. The fourth-order valence-electron chi connectivity index (χ4n) is 1.91. The van der Waals surface area contributed by atoms with E-state index in [2.05, 4.69) is 15.3 Å². The van der Waals surface area contributed by atoms with Crippen molar-refractivity contribution in [3.8, 4) is 5.88 Å². The van der Waals surface area contributed by atoms with E-state index in [1.807, 2.05) is 4.72 Å². The Morgan fingerprint density at radius 3 is 2.56 bits per heavy atom. The van der Waals surface area contributed by atoms with Crippen LogP contribution in [0.1, 0.15) is 5.69 Å². The molecule has 11 heteroatoms. The third kappa shape index (κ3) is 4.73. The second kappa shape index (κ2) is 7.57. The summed E-state index contributed by atoms with van der Waals surface area (Å²) in [5.41, 5.74) is 0.525. The Morgan fingerprint density at radius 2 is 1.92 bits per heavy atom. The number of carbonyl (C=O) groups is 1. The molecule has 2 N–H and O–H groups in total. The van der Waals surface area contributed by atoms with Crippen LogP contribution in [0.15, 0.2) is 40.1 Å². The van der Waals surface area contributed by atoms with Gasteiger partial charge in [-0.1, -0.05) is 12.1 Å². The lowest BCUT2D eigenvalue weighted by Gasteiger charge is -2.11. The zero-order chi connectivity index (χ0) is 18.6. The molecule has 1 unspecified atom stereocenters. The Hall–Kier alpha value is -2.53. The third-order valence-corrected chi connectivity index (χ3v) is 5.43. The van der Waals surface area contributed by atoms with Gasteiger partial charge in [0.1, 0.15) is 4.90 Å². The number of aryl methyl sites for hydroxylation is 1. The molecule has 2 aromatic rings. The quantitative estimate of drug-likeness (QED) is 0.788. The molecule has 0 fully saturated rings. The van der Waals surface area contributed by atoms with Gasteiger partial charge in [0.25, 0.3) is 10.0 Å². The van der Waals surface area contributed by atoms with Crippen LogP contribution in [-0.4, -0.2) is 42.0 Å². The molecule has 1 heterocycles. The Balaban J connectivity index is 2.23. The number of methoxy groups -OCH3 is 1. The second-order valence-corrected chi connectivity index (χ2v) is 7.83. The average molecular weight is 384 g/mol. The van der Waals surface area contributed by atoms with Gasteiger partial charge in [0.05, 0.1) is 22.8 Å². The van der Waals surface area contributed by atoms with Crippen LogP contribution >= 0.6 is 0 Å². The summed E-state index contributed by atoms with van der Waals surface area (Å²) in [7, 11) is -4.36. The number of benzene rings is 1. The standard InChI is InChI=1S/C14H16N4O5S2/c1-9-8-12(23-2)16-13(15-9)17-14(19)18-25(21,22)11-7-5-4-6-10(11)24(3)20/h4-8H,1-3H3,(H2,15,16,17,18,19). The fourth-order valence-corrected chi connectivity index (χ4v) is 4.21. The van der Waals surface area contributed by atoms with E-state index in [0.29, 0.717) is 5.69 Å². The molecule has 1 aromatic heterocycles. The van der Waals surface area contributed by atoms with Crippen LogP contribution in [0.5, 0.6) is 5.88 Å². The molecule has 0 aliphatic heterocycles. The number of carbonyl (C=O) groups excluding carboxylic acids is 1. The van der Waals surface area contributed by atoms with Crippen molar-refractivity contribution in [2.75, 3.05) is 18.7 Å². The summed E-state index contributed by atoms with van der Waals surface area (Å²) >= 11 is 0. The van der Waals surface area contributed by atoms with Crippen molar-refractivity contribution in [1.82, 2.24) is 14.7 Å². The molecule has 9 nitrogen and oxygen atoms in total. The lowest BCUT2D eigenvalue weighted by atomic mass is 10.4. The normalized spacial score (nSPS) is 12.3. The van der Waals surface area contributed by atoms with Crippen molar-refractivity contribution >= 4 is 32.8 Å². The van der Waals surface area contributed by atoms with Crippen molar-refractivity contribution in [2.45, 2.75) is 16.7 Å². The minimum atomic E-state index is -4.22. The van der Waals surface area contributed by atoms with E-state index in [-0.39, 0.29) is 21.6 Å². The molecule has 0 spiro atoms. The van der Waals surface area contributed by atoms with Crippen LogP contribution in [-0.2, 0) is 20.8 Å². The van der Waals surface area contributed by atoms with E-state index in [1.54, 1.807) is 19.1 Å². The molecule has 0 radical (unpaired) electrons. The summed E-state index contributed by atoms with van der Waals surface area (Å²) in [5, 5.41) is 2.22. The maximum Gasteiger partial charge on any atom is 0.335 e. The number of aromatic nitrogens is 2. The van der Waals surface area contributed by atoms with Gasteiger partial charge in [0, 0.05) is 18.0 Å². The number of amides is 2. The summed E-state index contributed by atoms with van der Waals surface area (Å²) < 4.78 is 43.2. The highest BCUT2D eigenvalue weighted by Crippen LogP contribution is 2.18. The molecule has 1 aromatic carbocycles. The van der Waals surface area contributed by atoms with Gasteiger partial charge < -0.3 is 4.74 Å². The molecule has 0 aliphatic carbocycles. The highest BCUT2D eigenvalue weighted by atomic mass is 32.2. The first-order valence-corrected chi connectivity index (χ1v) is 9.93. The first kappa shape index (κ1) is 18.8. The van der Waals surface area contributed by atoms with E-state index in [4.69, 9.17) is 4.74 Å². The van der Waals surface area contributed by atoms with Crippen molar-refractivity contribution in [3.05, 3.63) is 36.0 Å². The molecule has 2 rings (SSSR count). The van der Waals surface area contributed by atoms with Crippen molar-refractivity contribution in [2.24, 2.45) is 0 Å². The smallest absolute Gasteiger partial charge is 0.335 e. The summed E-state index contributed by atoms with van der Waals surface area (Å²) in [6.45, 7) is 1.66. The summed E-state index contributed by atoms with van der Waals surface area (Å²) in [4.78, 5) is 19.7. The van der Waals surface area contributed by atoms with Crippen molar-refractivity contribution in [3.63, 3.8) is 0 Å². The molecule has 0 aliphatic rings. The first-order chi connectivity index (χ1) is 11.7. The summed E-state index contributed by atoms with van der Waals surface area (Å²) in [5.74, 6) is 0.106. The largest absolute Gasteiger partial charge is 0.481 e. The number of rotatable bonds is 5. The van der Waals surface area contributed by atoms with Gasteiger partial charge in [-0.3, -0.25) is 9.53 Å². The predicted molar refractivity (Wildman–Crippen MR) is 91.4 cm³/mol. The maximum absolute atomic E-state index is 12.4. The number of sulfonamides is 1. The van der Waals surface area contributed by atoms with E-state index in [1.165, 1.54) is 31.6 Å². The van der Waals surface area contributed by atoms with Crippen LogP contribution < -0.4 is 14.8 Å². The monoisotopic (exact) mass is 384 g/mol. The number of nitrogens with zero attached hydrogens (tertiary/aromatic N) is 2. The third-order valence-electron chi connectivity index (χ3n) is 2.94. The van der Waals surface area contributed by atoms with Gasteiger partial charge in [-0.15, -0.1) is 0 Å². The zero-order valence-corrected chi connectivity index (χ0v) is 15.3. The van der Waals surface area contributed by atoms with E-state index in [0.717, 1.165) is 0 Å². The molecule has 0 saturated carbocycles. The van der Waals surface area contributed by atoms with Crippen molar-refractivity contribution < 1.29 is 22.2 Å². The average Bonchev–Trinajstić information content (AvgIpc) is 2.53. The minimum Gasteiger partial charge on any atom is -0.481 e. The lowest BCUT2D eigenvalue weighted by molar-refractivity contribution is 0.256. The fraction of sp³-hybridized carbons (Fsp3) is 0.214. The van der Waals surface area contributed by atoms with Gasteiger partial charge in [0.15, 0.2) is 0 Å². The zero-order valence-electron chi connectivity index (χ0n) is 13.6. The summed E-state index contributed by atoms with van der Waals surface area (Å²) in [6, 6.07) is 6.20. The highest BCUT2D eigenvalue weighted by molar-refractivity contribution is 7.91. The second-order valence-electron chi connectivity index (χ2n) is 4.84. The number of nitrogens with one attached hydrogen (secondary N) is 2. The topological polar surface area (TPSA) is 127 Å². The van der Waals surface area contributed by atoms with E-state index in [9.17, 15) is 17.4 Å². The van der Waals surface area contributed by atoms with Gasteiger partial charge in [-0.2, -0.15) is 4.98 Å². The predicted octanol–water partition coefficient (Wildman–Crippen LogP) is 1.04. The Morgan fingerprint density at radius 1 is 1.24 bits per heavy atom. The molecular weight excluding hydrogens is 368 g/mol. The molecule has 134 valence electrons. The Bertz CT molecular complexity index is 931. The van der Waals surface area contributed by atoms with E-state index < -0.39 is 26.9 Å². The minimum absolute atomic E-state index is 0.0938. The lowest BCUT2D eigenvalue weighted by Crippen LogP contribution is -2.35.